The number of aromatic nitrogens is 4. The van der Waals surface area contributed by atoms with Crippen LogP contribution in [0.1, 0.15) is 24.0 Å². The minimum atomic E-state index is -4.96. The number of ether oxygens (including phenoxy) is 1. The average molecular weight is 679 g/mol. The van der Waals surface area contributed by atoms with Crippen molar-refractivity contribution in [3.63, 3.8) is 0 Å². The molecule has 0 spiro atoms. The zero-order valence-corrected chi connectivity index (χ0v) is 26.6. The number of rotatable bonds is 13. The first-order valence-corrected chi connectivity index (χ1v) is 18.3. The van der Waals surface area contributed by atoms with Gasteiger partial charge in [-0.15, -0.1) is 0 Å². The van der Waals surface area contributed by atoms with Gasteiger partial charge in [0.25, 0.3) is 11.5 Å². The number of halogens is 6. The normalized spacial score (nSPS) is 17.0. The Morgan fingerprint density at radius 2 is 1.72 bits per heavy atom. The number of carbonyl (C=O) groups is 1. The molecule has 254 valence electrons. The number of piperazine rings is 1. The summed E-state index contributed by atoms with van der Waals surface area (Å²) in [5.74, 6) is -0.344. The fourth-order valence-electron chi connectivity index (χ4n) is 4.48. The van der Waals surface area contributed by atoms with Crippen molar-refractivity contribution in [1.82, 2.24) is 24.6 Å². The van der Waals surface area contributed by atoms with Gasteiger partial charge < -0.3 is 24.7 Å². The molecule has 2 aromatic rings. The lowest BCUT2D eigenvalue weighted by Gasteiger charge is -2.34. The molecular weight excluding hydrogens is 642 g/mol. The van der Waals surface area contributed by atoms with Gasteiger partial charge in [-0.3, -0.25) is 9.59 Å². The van der Waals surface area contributed by atoms with E-state index in [-0.39, 0.29) is 38.0 Å². The molecule has 1 saturated heterocycles. The molecule has 2 aliphatic rings. The van der Waals surface area contributed by atoms with Crippen LogP contribution in [0.4, 0.5) is 38.0 Å². The molecule has 4 rings (SSSR count). The number of oxime groups is 1. The second-order valence-electron chi connectivity index (χ2n) is 12.3. The van der Waals surface area contributed by atoms with E-state index in [1.54, 1.807) is 4.90 Å². The number of hydrogen-bond donors (Lipinski definition) is 1. The van der Waals surface area contributed by atoms with E-state index in [1.165, 1.54) is 11.1 Å². The molecule has 1 atom stereocenters. The highest BCUT2D eigenvalue weighted by molar-refractivity contribution is 6.76. The molecule has 3 heterocycles. The molecule has 1 aliphatic heterocycles. The summed E-state index contributed by atoms with van der Waals surface area (Å²) >= 11 is 0. The van der Waals surface area contributed by atoms with Gasteiger partial charge in [-0.1, -0.05) is 24.8 Å². The van der Waals surface area contributed by atoms with Crippen molar-refractivity contribution < 1.29 is 40.7 Å². The SMILES string of the molecule is C[Si](C)(C)CCOCn1ncc(N[C@H](/C=N/OCC(=O)N2CCN(c3ncc(C(F)(F)F)cn3)CC2)C2CC2)c(C(F)(F)F)c1=O. The Morgan fingerprint density at radius 1 is 1.07 bits per heavy atom. The van der Waals surface area contributed by atoms with Gasteiger partial charge >= 0.3 is 12.4 Å². The van der Waals surface area contributed by atoms with E-state index in [9.17, 15) is 35.9 Å². The van der Waals surface area contributed by atoms with E-state index >= 15 is 0 Å². The second kappa shape index (κ2) is 14.4. The van der Waals surface area contributed by atoms with Crippen molar-refractivity contribution >= 4 is 31.8 Å². The molecule has 12 nitrogen and oxygen atoms in total. The lowest BCUT2D eigenvalue weighted by molar-refractivity contribution is -0.139. The second-order valence-corrected chi connectivity index (χ2v) is 17.9. The average Bonchev–Trinajstić information content (AvgIpc) is 3.82. The molecule has 0 unspecified atom stereocenters. The van der Waals surface area contributed by atoms with Gasteiger partial charge in [-0.2, -0.15) is 31.4 Å². The van der Waals surface area contributed by atoms with Gasteiger partial charge in [0.05, 0.1) is 29.7 Å². The fourth-order valence-corrected chi connectivity index (χ4v) is 5.24. The Labute approximate surface area is 261 Å². The van der Waals surface area contributed by atoms with Crippen LogP contribution in [0.15, 0.2) is 28.5 Å². The Morgan fingerprint density at radius 3 is 2.28 bits per heavy atom. The first kappa shape index (κ1) is 35.1. The van der Waals surface area contributed by atoms with Crippen LogP contribution in [-0.4, -0.2) is 90.3 Å². The van der Waals surface area contributed by atoms with Crippen molar-refractivity contribution in [1.29, 1.82) is 0 Å². The third-order valence-corrected chi connectivity index (χ3v) is 9.06. The Balaban J connectivity index is 1.30. The van der Waals surface area contributed by atoms with Gasteiger partial charge in [0.2, 0.25) is 5.95 Å². The fraction of sp³-hybridized carbons (Fsp3) is 0.630. The molecular formula is C27H36F6N8O4Si. The van der Waals surface area contributed by atoms with E-state index in [0.29, 0.717) is 36.5 Å². The van der Waals surface area contributed by atoms with Crippen LogP contribution >= 0.6 is 0 Å². The van der Waals surface area contributed by atoms with Crippen molar-refractivity contribution in [2.75, 3.05) is 49.6 Å². The van der Waals surface area contributed by atoms with Crippen LogP contribution in [0.25, 0.3) is 0 Å². The van der Waals surface area contributed by atoms with Crippen LogP contribution in [0, 0.1) is 5.92 Å². The maximum Gasteiger partial charge on any atom is 0.423 e. The molecule has 19 heteroatoms. The topological polar surface area (TPSA) is 127 Å². The number of nitrogens with one attached hydrogen (secondary N) is 1. The third-order valence-electron chi connectivity index (χ3n) is 7.35. The molecule has 0 aromatic carbocycles. The molecule has 0 radical (unpaired) electrons. The summed E-state index contributed by atoms with van der Waals surface area (Å²) in [6.07, 6.45) is -4.47. The van der Waals surface area contributed by atoms with Crippen LogP contribution in [0.3, 0.4) is 0 Å². The maximum absolute atomic E-state index is 14.0. The molecule has 1 saturated carbocycles. The summed E-state index contributed by atoms with van der Waals surface area (Å²) in [7, 11) is -1.43. The largest absolute Gasteiger partial charge is 0.423 e. The van der Waals surface area contributed by atoms with Crippen molar-refractivity contribution in [3.05, 3.63) is 40.1 Å². The van der Waals surface area contributed by atoms with E-state index in [2.05, 4.69) is 45.2 Å². The summed E-state index contributed by atoms with van der Waals surface area (Å²) in [6.45, 7) is 6.90. The molecule has 1 aliphatic carbocycles. The highest BCUT2D eigenvalue weighted by atomic mass is 28.3. The number of alkyl halides is 6. The van der Waals surface area contributed by atoms with E-state index in [4.69, 9.17) is 9.57 Å². The highest BCUT2D eigenvalue weighted by Gasteiger charge is 2.40. The summed E-state index contributed by atoms with van der Waals surface area (Å²) in [5, 5.41) is 10.4. The molecule has 2 fully saturated rings. The van der Waals surface area contributed by atoms with Gasteiger partial charge in [-0.25, -0.2) is 14.6 Å². The molecule has 1 amide bonds. The lowest BCUT2D eigenvalue weighted by atomic mass is 10.1. The van der Waals surface area contributed by atoms with Crippen LogP contribution in [-0.2, 0) is 33.5 Å². The number of nitrogens with zero attached hydrogens (tertiary/aromatic N) is 7. The first-order valence-electron chi connectivity index (χ1n) is 14.6. The molecule has 46 heavy (non-hydrogen) atoms. The summed E-state index contributed by atoms with van der Waals surface area (Å²) < 4.78 is 86.3. The van der Waals surface area contributed by atoms with Crippen molar-refractivity contribution in [2.24, 2.45) is 11.1 Å². The first-order chi connectivity index (χ1) is 21.5. The number of hydrogen-bond acceptors (Lipinski definition) is 10. The third kappa shape index (κ3) is 9.88. The smallest absolute Gasteiger partial charge is 0.386 e. The summed E-state index contributed by atoms with van der Waals surface area (Å²) in [4.78, 5) is 41.2. The van der Waals surface area contributed by atoms with Gasteiger partial charge in [0, 0.05) is 53.3 Å². The lowest BCUT2D eigenvalue weighted by Crippen LogP contribution is -2.50. The van der Waals surface area contributed by atoms with E-state index < -0.39 is 68.1 Å². The highest BCUT2D eigenvalue weighted by Crippen LogP contribution is 2.36. The molecule has 0 bridgehead atoms. The predicted molar refractivity (Wildman–Crippen MR) is 158 cm³/mol. The summed E-state index contributed by atoms with van der Waals surface area (Å²) in [6, 6.07) is 0.0650. The summed E-state index contributed by atoms with van der Waals surface area (Å²) in [5.41, 5.74) is -4.18. The number of anilines is 2. The van der Waals surface area contributed by atoms with E-state index in [1.807, 2.05) is 0 Å². The molecule has 1 N–H and O–H groups in total. The van der Waals surface area contributed by atoms with Gasteiger partial charge in [0.15, 0.2) is 6.61 Å². The predicted octanol–water partition coefficient (Wildman–Crippen LogP) is 3.92. The standard InChI is InChI=1S/C27H36F6N8O4Si/c1-46(2,3)11-10-44-17-41-24(43)23(27(31,32)33)21(14-36-41)38-20(18-4-5-18)15-37-45-16-22(42)39-6-8-40(9-7-39)25-34-12-19(13-35-25)26(28,29)30/h12-15,18,20,38H,4-11,16-17H2,1-3H3/b37-15+/t20-/m1/s1. The Bertz CT molecular complexity index is 1420. The van der Waals surface area contributed by atoms with Gasteiger partial charge in [0.1, 0.15) is 12.3 Å². The number of amides is 1. The van der Waals surface area contributed by atoms with Crippen LogP contribution in [0.2, 0.25) is 25.7 Å². The van der Waals surface area contributed by atoms with E-state index in [0.717, 1.165) is 12.2 Å². The quantitative estimate of drug-likeness (QED) is 0.110. The van der Waals surface area contributed by atoms with Gasteiger partial charge in [-0.05, 0) is 24.8 Å². The van der Waals surface area contributed by atoms with Crippen molar-refractivity contribution in [3.8, 4) is 0 Å². The molecule has 2 aromatic heterocycles. The Hall–Kier alpha value is -3.74. The Kier molecular flexibility index (Phi) is 11.0. The zero-order valence-electron chi connectivity index (χ0n) is 25.6. The minimum Gasteiger partial charge on any atom is -0.386 e. The maximum atomic E-state index is 14.0. The minimum absolute atomic E-state index is 0.0584. The van der Waals surface area contributed by atoms with Crippen LogP contribution in [0.5, 0.6) is 0 Å². The van der Waals surface area contributed by atoms with Crippen LogP contribution < -0.4 is 15.8 Å². The number of carbonyl (C=O) groups excluding carboxylic acids is 1. The monoisotopic (exact) mass is 678 g/mol. The zero-order chi connectivity index (χ0) is 33.7. The van der Waals surface area contributed by atoms with Crippen molar-refractivity contribution in [2.45, 2.75) is 63.7 Å².